The monoisotopic (exact) mass is 855 g/mol. The molecule has 6 aromatic rings. The van der Waals surface area contributed by atoms with Crippen molar-refractivity contribution in [1.82, 2.24) is 19.9 Å². The average molecular weight is 856 g/mol. The zero-order valence-corrected chi connectivity index (χ0v) is 32.0. The van der Waals surface area contributed by atoms with Crippen LogP contribution < -0.4 is 5.32 Å². The van der Waals surface area contributed by atoms with E-state index in [0.29, 0.717) is 22.6 Å². The molecule has 50 heavy (non-hydrogen) atoms. The number of alkyl halides is 3. The van der Waals surface area contributed by atoms with E-state index in [1.54, 1.807) is 24.3 Å². The molecule has 0 aliphatic rings. The smallest absolute Gasteiger partial charge is 0.357 e. The van der Waals surface area contributed by atoms with Gasteiger partial charge in [0.1, 0.15) is 12.1 Å². The summed E-state index contributed by atoms with van der Waals surface area (Å²) < 4.78 is 43.6. The third kappa shape index (κ3) is 7.32. The molecule has 3 aromatic carbocycles. The minimum absolute atomic E-state index is 0. The van der Waals surface area contributed by atoms with Crippen LogP contribution >= 0.6 is 0 Å². The van der Waals surface area contributed by atoms with Gasteiger partial charge in [-0.05, 0) is 62.2 Å². The summed E-state index contributed by atoms with van der Waals surface area (Å²) >= 11 is 0. The first-order valence-electron chi connectivity index (χ1n) is 16.4. The van der Waals surface area contributed by atoms with Gasteiger partial charge in [-0.25, -0.2) is 15.0 Å². The second kappa shape index (κ2) is 13.2. The molecule has 0 unspecified atom stereocenters. The summed E-state index contributed by atoms with van der Waals surface area (Å²) in [5.74, 6) is 0.573. The summed E-state index contributed by atoms with van der Waals surface area (Å²) in [7, 11) is 0. The maximum absolute atomic E-state index is 14.5. The molecule has 0 amide bonds. The predicted molar refractivity (Wildman–Crippen MR) is 193 cm³/mol. The van der Waals surface area contributed by atoms with Crippen LogP contribution in [-0.4, -0.2) is 19.9 Å². The van der Waals surface area contributed by atoms with Gasteiger partial charge in [0.15, 0.2) is 0 Å². The fourth-order valence-corrected chi connectivity index (χ4v) is 6.18. The Labute approximate surface area is 306 Å². The van der Waals surface area contributed by atoms with Crippen molar-refractivity contribution in [2.45, 2.75) is 84.7 Å². The number of halogens is 3. The maximum Gasteiger partial charge on any atom is 0.419 e. The number of fused-ring (bicyclic) bond motifs is 2. The summed E-state index contributed by atoms with van der Waals surface area (Å²) in [6, 6.07) is 23.9. The first kappa shape index (κ1) is 37.1. The zero-order chi connectivity index (χ0) is 35.5. The minimum atomic E-state index is -4.62. The fraction of sp³-hybridized carbons (Fsp3) is 0.317. The van der Waals surface area contributed by atoms with Crippen LogP contribution in [-0.2, 0) is 43.5 Å². The Morgan fingerprint density at radius 2 is 1.34 bits per heavy atom. The van der Waals surface area contributed by atoms with Gasteiger partial charge in [0.25, 0.3) is 0 Å². The molecule has 0 aliphatic heterocycles. The number of pyridine rings is 2. The number of nitrogens with one attached hydrogen (secondary N) is 1. The van der Waals surface area contributed by atoms with Gasteiger partial charge >= 0.3 is 6.18 Å². The summed E-state index contributed by atoms with van der Waals surface area (Å²) in [5.41, 5.74) is 4.75. The molecule has 1 N–H and O–H groups in total. The first-order chi connectivity index (χ1) is 22.8. The summed E-state index contributed by atoms with van der Waals surface area (Å²) in [4.78, 5) is 18.4. The van der Waals surface area contributed by atoms with Crippen LogP contribution in [0, 0.1) is 6.07 Å². The number of anilines is 2. The second-order valence-corrected chi connectivity index (χ2v) is 15.6. The molecule has 0 spiro atoms. The Balaban J connectivity index is 0.00000486. The molecule has 0 aliphatic carbocycles. The largest absolute Gasteiger partial charge is 0.419 e. The van der Waals surface area contributed by atoms with Crippen molar-refractivity contribution in [3.05, 3.63) is 108 Å². The average Bonchev–Trinajstić information content (AvgIpc) is 3.01. The summed E-state index contributed by atoms with van der Waals surface area (Å²) in [6.45, 7) is 19.2. The molecule has 3 heterocycles. The van der Waals surface area contributed by atoms with Crippen LogP contribution in [0.4, 0.5) is 24.7 Å². The van der Waals surface area contributed by atoms with Gasteiger partial charge in [-0.2, -0.15) is 13.2 Å². The molecule has 0 fully saturated rings. The summed E-state index contributed by atoms with van der Waals surface area (Å²) in [6.07, 6.45) is -1.61. The van der Waals surface area contributed by atoms with Crippen LogP contribution in [0.5, 0.6) is 0 Å². The van der Waals surface area contributed by atoms with Gasteiger partial charge in [-0.15, -0.1) is 23.8 Å². The van der Waals surface area contributed by atoms with E-state index in [9.17, 15) is 13.2 Å². The standard InChI is InChI=1S/C41H41F3N5.Pt/c1-38(2,3)26-18-19-45-32(22-26)25-14-15-29(39(4,5)6)33(21-25)49-37-30(40(7,8)9)16-17-31(48-37)35-28-20-24-12-10-11-13-27(24)34(41(42,43)44)36(28)47-23-46-35;/h10-20,22-23H,1-9H3,(H,48,49);/q-1;. The third-order valence-corrected chi connectivity index (χ3v) is 8.78. The Bertz CT molecular complexity index is 2210. The SMILES string of the molecule is CC(C)(C)c1ccnc(-c2[c-]c(Nc3nc(-c4ncnc5c(C(F)(F)F)c6ccccc6cc45)ccc3C(C)(C)C)c(C(C)(C)C)cc2)c1.[Pt]. The molecule has 0 atom stereocenters. The molecular formula is C41H41F3N5Pt-. The molecule has 3 aromatic heterocycles. The minimum Gasteiger partial charge on any atom is -0.357 e. The third-order valence-electron chi connectivity index (χ3n) is 8.78. The van der Waals surface area contributed by atoms with Crippen molar-refractivity contribution in [1.29, 1.82) is 0 Å². The molecular weight excluding hydrogens is 815 g/mol. The number of benzene rings is 3. The molecule has 9 heteroatoms. The van der Waals surface area contributed by atoms with Gasteiger partial charge < -0.3 is 10.3 Å². The van der Waals surface area contributed by atoms with Crippen molar-refractivity contribution in [2.24, 2.45) is 0 Å². The topological polar surface area (TPSA) is 63.6 Å². The van der Waals surface area contributed by atoms with Crippen LogP contribution in [0.15, 0.2) is 79.3 Å². The fourth-order valence-electron chi connectivity index (χ4n) is 6.18. The Morgan fingerprint density at radius 1 is 0.660 bits per heavy atom. The van der Waals surface area contributed by atoms with Crippen LogP contribution in [0.25, 0.3) is 44.3 Å². The molecule has 5 nitrogen and oxygen atoms in total. The van der Waals surface area contributed by atoms with Crippen molar-refractivity contribution < 1.29 is 34.2 Å². The van der Waals surface area contributed by atoms with E-state index >= 15 is 0 Å². The van der Waals surface area contributed by atoms with Crippen LogP contribution in [0.3, 0.4) is 0 Å². The second-order valence-electron chi connectivity index (χ2n) is 15.6. The Hall–Kier alpha value is -4.16. The van der Waals surface area contributed by atoms with Gasteiger partial charge in [0, 0.05) is 38.2 Å². The normalized spacial score (nSPS) is 12.6. The zero-order valence-electron chi connectivity index (χ0n) is 29.7. The van der Waals surface area contributed by atoms with Crippen molar-refractivity contribution in [3.8, 4) is 22.6 Å². The number of nitrogens with zero attached hydrogens (tertiary/aromatic N) is 4. The van der Waals surface area contributed by atoms with E-state index in [-0.39, 0.29) is 53.6 Å². The Kier molecular flexibility index (Phi) is 9.78. The van der Waals surface area contributed by atoms with E-state index in [2.05, 4.69) is 101 Å². The van der Waals surface area contributed by atoms with Crippen LogP contribution in [0.1, 0.15) is 84.6 Å². The molecule has 0 saturated heterocycles. The van der Waals surface area contributed by atoms with Crippen molar-refractivity contribution >= 4 is 33.2 Å². The summed E-state index contributed by atoms with van der Waals surface area (Å²) in [5, 5.41) is 4.44. The Morgan fingerprint density at radius 3 is 2.00 bits per heavy atom. The van der Waals surface area contributed by atoms with E-state index < -0.39 is 11.7 Å². The van der Waals surface area contributed by atoms with E-state index in [4.69, 9.17) is 4.98 Å². The maximum atomic E-state index is 14.5. The first-order valence-corrected chi connectivity index (χ1v) is 16.4. The van der Waals surface area contributed by atoms with E-state index in [0.717, 1.165) is 28.1 Å². The molecule has 0 radical (unpaired) electrons. The number of aromatic nitrogens is 4. The van der Waals surface area contributed by atoms with E-state index in [1.165, 1.54) is 18.0 Å². The number of hydrogen-bond acceptors (Lipinski definition) is 5. The molecule has 262 valence electrons. The molecule has 6 rings (SSSR count). The van der Waals surface area contributed by atoms with Crippen molar-refractivity contribution in [2.75, 3.05) is 5.32 Å². The van der Waals surface area contributed by atoms with E-state index in [1.807, 2.05) is 30.5 Å². The van der Waals surface area contributed by atoms with Crippen molar-refractivity contribution in [3.63, 3.8) is 0 Å². The molecule has 0 bridgehead atoms. The van der Waals surface area contributed by atoms with Gasteiger partial charge in [0.2, 0.25) is 0 Å². The number of hydrogen-bond donors (Lipinski definition) is 1. The number of rotatable bonds is 4. The molecule has 0 saturated carbocycles. The van der Waals surface area contributed by atoms with Crippen LogP contribution in [0.2, 0.25) is 0 Å². The predicted octanol–water partition coefficient (Wildman–Crippen LogP) is 11.4. The van der Waals surface area contributed by atoms with Gasteiger partial charge in [-0.3, -0.25) is 0 Å². The van der Waals surface area contributed by atoms with Gasteiger partial charge in [-0.1, -0.05) is 104 Å². The van der Waals surface area contributed by atoms with Gasteiger partial charge in [0.05, 0.1) is 22.5 Å². The quantitative estimate of drug-likeness (QED) is 0.141.